The Morgan fingerprint density at radius 3 is 2.86 bits per heavy atom. The molecule has 2 heterocycles. The van der Waals surface area contributed by atoms with Gasteiger partial charge in [0.05, 0.1) is 17.2 Å². The van der Waals surface area contributed by atoms with Crippen LogP contribution in [-0.2, 0) is 0 Å². The van der Waals surface area contributed by atoms with Crippen LogP contribution in [0.2, 0.25) is 0 Å². The number of hydrazine groups is 1. The highest BCUT2D eigenvalue weighted by molar-refractivity contribution is 7.10. The molecule has 0 radical (unpaired) electrons. The largest absolute Gasteiger partial charge is 0.271 e. The third kappa shape index (κ3) is 1.83. The van der Waals surface area contributed by atoms with Crippen molar-refractivity contribution in [2.45, 2.75) is 13.0 Å². The van der Waals surface area contributed by atoms with Gasteiger partial charge in [-0.15, -0.1) is 11.3 Å². The zero-order valence-corrected chi connectivity index (χ0v) is 9.23. The van der Waals surface area contributed by atoms with E-state index in [4.69, 9.17) is 5.84 Å². The summed E-state index contributed by atoms with van der Waals surface area (Å²) in [6, 6.07) is 2.06. The van der Waals surface area contributed by atoms with Gasteiger partial charge in [-0.2, -0.15) is 4.37 Å². The average Bonchev–Trinajstić information content (AvgIpc) is 2.79. The van der Waals surface area contributed by atoms with Crippen molar-refractivity contribution in [2.75, 3.05) is 0 Å². The summed E-state index contributed by atoms with van der Waals surface area (Å²) in [6.45, 7) is 1.97. The summed E-state index contributed by atoms with van der Waals surface area (Å²) in [7, 11) is 0. The van der Waals surface area contributed by atoms with Gasteiger partial charge in [-0.05, 0) is 24.5 Å². The van der Waals surface area contributed by atoms with Gasteiger partial charge in [-0.1, -0.05) is 0 Å². The Kier molecular flexibility index (Phi) is 2.87. The van der Waals surface area contributed by atoms with Gasteiger partial charge in [0.1, 0.15) is 0 Å². The zero-order chi connectivity index (χ0) is 9.97. The van der Waals surface area contributed by atoms with Crippen LogP contribution in [0, 0.1) is 6.92 Å². The molecule has 0 amide bonds. The van der Waals surface area contributed by atoms with Crippen LogP contribution in [0.25, 0.3) is 0 Å². The molecular weight excluding hydrogens is 216 g/mol. The Morgan fingerprint density at radius 1 is 1.50 bits per heavy atom. The summed E-state index contributed by atoms with van der Waals surface area (Å²) in [5, 5.41) is 0. The normalized spacial score (nSPS) is 13.0. The van der Waals surface area contributed by atoms with Gasteiger partial charge in [-0.25, -0.2) is 5.43 Å². The molecule has 1 unspecified atom stereocenters. The fourth-order valence-corrected chi connectivity index (χ4v) is 2.79. The summed E-state index contributed by atoms with van der Waals surface area (Å²) < 4.78 is 4.23. The van der Waals surface area contributed by atoms with Gasteiger partial charge < -0.3 is 0 Å². The molecule has 2 aromatic rings. The summed E-state index contributed by atoms with van der Waals surface area (Å²) >= 11 is 3.05. The first-order valence-corrected chi connectivity index (χ1v) is 5.74. The Bertz CT molecular complexity index is 395. The quantitative estimate of drug-likeness (QED) is 0.614. The number of thiazole rings is 1. The standard InChI is InChI=1S/C8H10N4S2/c1-5-2-6(14-12-5)8(11-9)7-3-10-4-13-7/h2-4,8,11H,9H2,1H3. The predicted molar refractivity (Wildman–Crippen MR) is 58.1 cm³/mol. The van der Waals surface area contributed by atoms with E-state index in [0.29, 0.717) is 0 Å². The van der Waals surface area contributed by atoms with Crippen LogP contribution < -0.4 is 11.3 Å². The van der Waals surface area contributed by atoms with E-state index in [1.165, 1.54) is 11.5 Å². The number of nitrogens with zero attached hydrogens (tertiary/aromatic N) is 2. The van der Waals surface area contributed by atoms with Crippen molar-refractivity contribution >= 4 is 22.9 Å². The average molecular weight is 226 g/mol. The molecule has 0 aliphatic rings. The highest BCUT2D eigenvalue weighted by atomic mass is 32.1. The minimum absolute atomic E-state index is 0.0219. The van der Waals surface area contributed by atoms with E-state index >= 15 is 0 Å². The fraction of sp³-hybridized carbons (Fsp3) is 0.250. The number of rotatable bonds is 3. The molecule has 74 valence electrons. The smallest absolute Gasteiger partial charge is 0.0926 e. The first-order valence-electron chi connectivity index (χ1n) is 4.09. The number of nitrogens with two attached hydrogens (primary N) is 1. The minimum atomic E-state index is 0.0219. The van der Waals surface area contributed by atoms with Crippen LogP contribution in [0.3, 0.4) is 0 Å². The topological polar surface area (TPSA) is 63.8 Å². The van der Waals surface area contributed by atoms with Crippen molar-refractivity contribution in [2.24, 2.45) is 5.84 Å². The molecule has 0 aromatic carbocycles. The van der Waals surface area contributed by atoms with Crippen LogP contribution in [0.4, 0.5) is 0 Å². The lowest BCUT2D eigenvalue weighted by Gasteiger charge is -2.09. The van der Waals surface area contributed by atoms with Gasteiger partial charge in [0.2, 0.25) is 0 Å². The Hall–Kier alpha value is -0.820. The zero-order valence-electron chi connectivity index (χ0n) is 7.60. The fourth-order valence-electron chi connectivity index (χ4n) is 1.19. The Labute approximate surface area is 89.9 Å². The second-order valence-corrected chi connectivity index (χ2v) is 4.63. The third-order valence-electron chi connectivity index (χ3n) is 1.83. The van der Waals surface area contributed by atoms with Crippen LogP contribution in [0.5, 0.6) is 0 Å². The van der Waals surface area contributed by atoms with E-state index in [1.54, 1.807) is 16.8 Å². The van der Waals surface area contributed by atoms with Crippen molar-refractivity contribution in [1.82, 2.24) is 14.8 Å². The Balaban J connectivity index is 2.31. The second kappa shape index (κ2) is 4.14. The highest BCUT2D eigenvalue weighted by Crippen LogP contribution is 2.27. The number of aryl methyl sites for hydroxylation is 1. The summed E-state index contributed by atoms with van der Waals surface area (Å²) in [6.07, 6.45) is 1.82. The Morgan fingerprint density at radius 2 is 2.36 bits per heavy atom. The second-order valence-electron chi connectivity index (χ2n) is 2.87. The number of aromatic nitrogens is 2. The maximum Gasteiger partial charge on any atom is 0.0926 e. The molecule has 6 heteroatoms. The maximum absolute atomic E-state index is 5.51. The van der Waals surface area contributed by atoms with Crippen molar-refractivity contribution in [1.29, 1.82) is 0 Å². The molecule has 0 saturated carbocycles. The van der Waals surface area contributed by atoms with Gasteiger partial charge >= 0.3 is 0 Å². The molecule has 0 aliphatic heterocycles. The van der Waals surface area contributed by atoms with Gasteiger partial charge in [0, 0.05) is 16.0 Å². The van der Waals surface area contributed by atoms with Crippen molar-refractivity contribution < 1.29 is 0 Å². The van der Waals surface area contributed by atoms with Gasteiger partial charge in [-0.3, -0.25) is 10.8 Å². The SMILES string of the molecule is Cc1cc(C(NN)c2cncs2)sn1. The van der Waals surface area contributed by atoms with Gasteiger partial charge in [0.15, 0.2) is 0 Å². The van der Waals surface area contributed by atoms with Crippen LogP contribution in [0.15, 0.2) is 17.8 Å². The molecule has 0 aliphatic carbocycles. The van der Waals surface area contributed by atoms with E-state index in [9.17, 15) is 0 Å². The molecule has 1 atom stereocenters. The lowest BCUT2D eigenvalue weighted by atomic mass is 10.2. The van der Waals surface area contributed by atoms with Crippen molar-refractivity contribution in [3.05, 3.63) is 33.2 Å². The van der Waals surface area contributed by atoms with E-state index in [2.05, 4.69) is 14.8 Å². The molecular formula is C8H10N4S2. The monoisotopic (exact) mass is 226 g/mol. The molecule has 0 fully saturated rings. The molecule has 0 bridgehead atoms. The first-order chi connectivity index (χ1) is 6.81. The van der Waals surface area contributed by atoms with Crippen molar-refractivity contribution in [3.63, 3.8) is 0 Å². The van der Waals surface area contributed by atoms with Crippen molar-refractivity contribution in [3.8, 4) is 0 Å². The van der Waals surface area contributed by atoms with E-state index < -0.39 is 0 Å². The predicted octanol–water partition coefficient (Wildman–Crippen LogP) is 1.46. The molecule has 0 saturated heterocycles. The van der Waals surface area contributed by atoms with Crippen LogP contribution in [-0.4, -0.2) is 9.36 Å². The van der Waals surface area contributed by atoms with E-state index in [-0.39, 0.29) is 6.04 Å². The number of nitrogens with one attached hydrogen (secondary N) is 1. The number of hydrogen-bond donors (Lipinski definition) is 2. The highest BCUT2D eigenvalue weighted by Gasteiger charge is 2.16. The lowest BCUT2D eigenvalue weighted by molar-refractivity contribution is 0.655. The van der Waals surface area contributed by atoms with Crippen LogP contribution >= 0.6 is 22.9 Å². The molecule has 14 heavy (non-hydrogen) atoms. The molecule has 4 nitrogen and oxygen atoms in total. The first kappa shape index (κ1) is 9.72. The van der Waals surface area contributed by atoms with Gasteiger partial charge in [0.25, 0.3) is 0 Å². The van der Waals surface area contributed by atoms with E-state index in [0.717, 1.165) is 15.4 Å². The summed E-state index contributed by atoms with van der Waals surface area (Å²) in [4.78, 5) is 6.26. The molecule has 0 spiro atoms. The molecule has 2 rings (SSSR count). The maximum atomic E-state index is 5.51. The summed E-state index contributed by atoms with van der Waals surface area (Å²) in [5.41, 5.74) is 5.60. The third-order valence-corrected chi connectivity index (χ3v) is 3.62. The molecule has 2 aromatic heterocycles. The van der Waals surface area contributed by atoms with Crippen LogP contribution in [0.1, 0.15) is 21.5 Å². The van der Waals surface area contributed by atoms with E-state index in [1.807, 2.05) is 19.2 Å². The summed E-state index contributed by atoms with van der Waals surface area (Å²) in [5.74, 6) is 5.51. The lowest BCUT2D eigenvalue weighted by Crippen LogP contribution is -2.27. The molecule has 3 N–H and O–H groups in total. The minimum Gasteiger partial charge on any atom is -0.271 e. The number of hydrogen-bond acceptors (Lipinski definition) is 6.